The van der Waals surface area contributed by atoms with Crippen molar-refractivity contribution in [1.29, 1.82) is 0 Å². The molecule has 4 nitrogen and oxygen atoms in total. The Labute approximate surface area is 159 Å². The number of hydrogen-bond donors (Lipinski definition) is 0. The molecular formula is C20H17F2N3OS. The minimum atomic E-state index is -0.689. The Balaban J connectivity index is 1.43. The number of thiazole rings is 1. The molecule has 0 unspecified atom stereocenters. The molecule has 4 rings (SSSR count). The van der Waals surface area contributed by atoms with Gasteiger partial charge in [0.2, 0.25) is 0 Å². The second-order valence-corrected chi connectivity index (χ2v) is 7.39. The monoisotopic (exact) mass is 385 g/mol. The molecule has 0 N–H and O–H groups in total. The first kappa shape index (κ1) is 17.7. The molecule has 1 aliphatic rings. The number of carbonyl (C=O) groups is 1. The zero-order valence-corrected chi connectivity index (χ0v) is 15.3. The number of piperidine rings is 1. The van der Waals surface area contributed by atoms with Crippen molar-refractivity contribution in [1.82, 2.24) is 14.9 Å². The Morgan fingerprint density at radius 1 is 1.11 bits per heavy atom. The molecule has 2 aromatic heterocycles. The molecule has 0 spiro atoms. The highest BCUT2D eigenvalue weighted by molar-refractivity contribution is 7.10. The van der Waals surface area contributed by atoms with Gasteiger partial charge < -0.3 is 4.90 Å². The van der Waals surface area contributed by atoms with E-state index >= 15 is 0 Å². The van der Waals surface area contributed by atoms with E-state index in [0.29, 0.717) is 13.1 Å². The van der Waals surface area contributed by atoms with Crippen LogP contribution in [0.3, 0.4) is 0 Å². The molecule has 7 heteroatoms. The predicted octanol–water partition coefficient (Wildman–Crippen LogP) is 4.50. The molecule has 0 atom stereocenters. The fourth-order valence-corrected chi connectivity index (χ4v) is 4.29. The molecule has 27 heavy (non-hydrogen) atoms. The van der Waals surface area contributed by atoms with Crippen LogP contribution in [-0.4, -0.2) is 33.9 Å². The molecule has 3 heterocycles. The van der Waals surface area contributed by atoms with Gasteiger partial charge in [-0.2, -0.15) is 0 Å². The summed E-state index contributed by atoms with van der Waals surface area (Å²) in [7, 11) is 0. The molecule has 0 aliphatic carbocycles. The smallest absolute Gasteiger partial charge is 0.256 e. The van der Waals surface area contributed by atoms with Crippen LogP contribution in [0.5, 0.6) is 0 Å². The van der Waals surface area contributed by atoms with Gasteiger partial charge in [0.15, 0.2) is 0 Å². The van der Waals surface area contributed by atoms with Crippen molar-refractivity contribution < 1.29 is 13.6 Å². The molecule has 1 amide bonds. The maximum atomic E-state index is 13.9. The number of nitrogens with zero attached hydrogens (tertiary/aromatic N) is 3. The van der Waals surface area contributed by atoms with E-state index < -0.39 is 17.5 Å². The summed E-state index contributed by atoms with van der Waals surface area (Å²) in [6.07, 6.45) is 4.99. The first-order chi connectivity index (χ1) is 13.1. The zero-order chi connectivity index (χ0) is 18.8. The molecule has 0 radical (unpaired) electrons. The van der Waals surface area contributed by atoms with Crippen molar-refractivity contribution in [2.75, 3.05) is 13.1 Å². The molecule has 1 aliphatic heterocycles. The minimum absolute atomic E-state index is 0.206. The van der Waals surface area contributed by atoms with E-state index in [1.807, 2.05) is 17.5 Å². The molecular weight excluding hydrogens is 368 g/mol. The van der Waals surface area contributed by atoms with E-state index in [0.717, 1.165) is 47.3 Å². The van der Waals surface area contributed by atoms with Crippen LogP contribution in [0.1, 0.15) is 34.1 Å². The third kappa shape index (κ3) is 3.73. The van der Waals surface area contributed by atoms with Gasteiger partial charge in [0.25, 0.3) is 5.91 Å². The molecule has 3 aromatic rings. The number of rotatable bonds is 3. The number of halogens is 2. The van der Waals surface area contributed by atoms with E-state index in [2.05, 4.69) is 4.98 Å². The van der Waals surface area contributed by atoms with Gasteiger partial charge in [0.1, 0.15) is 11.6 Å². The van der Waals surface area contributed by atoms with E-state index in [4.69, 9.17) is 4.98 Å². The topological polar surface area (TPSA) is 46.1 Å². The van der Waals surface area contributed by atoms with Crippen molar-refractivity contribution in [3.8, 4) is 11.3 Å². The maximum absolute atomic E-state index is 13.9. The van der Waals surface area contributed by atoms with Crippen LogP contribution < -0.4 is 0 Å². The van der Waals surface area contributed by atoms with Crippen molar-refractivity contribution in [3.63, 3.8) is 0 Å². The summed E-state index contributed by atoms with van der Waals surface area (Å²) in [5.41, 5.74) is 1.75. The van der Waals surface area contributed by atoms with Gasteiger partial charge in [-0.25, -0.2) is 13.8 Å². The number of amides is 1. The summed E-state index contributed by atoms with van der Waals surface area (Å²) in [4.78, 5) is 22.8. The Morgan fingerprint density at radius 3 is 2.59 bits per heavy atom. The Bertz CT molecular complexity index is 953. The highest BCUT2D eigenvalue weighted by atomic mass is 32.1. The maximum Gasteiger partial charge on any atom is 0.256 e. The van der Waals surface area contributed by atoms with Crippen LogP contribution in [0.2, 0.25) is 0 Å². The van der Waals surface area contributed by atoms with Gasteiger partial charge in [-0.15, -0.1) is 11.3 Å². The van der Waals surface area contributed by atoms with E-state index in [-0.39, 0.29) is 11.5 Å². The van der Waals surface area contributed by atoms with Crippen LogP contribution in [0.4, 0.5) is 8.78 Å². The SMILES string of the molecule is O=C(c1cc(F)ccc1F)N1CCC(c2nc(-c3ccncc3)cs2)CC1. The van der Waals surface area contributed by atoms with Gasteiger partial charge in [-0.3, -0.25) is 9.78 Å². The number of pyridine rings is 1. The normalized spacial score (nSPS) is 15.1. The molecule has 0 bridgehead atoms. The van der Waals surface area contributed by atoms with Crippen molar-refractivity contribution in [2.45, 2.75) is 18.8 Å². The lowest BCUT2D eigenvalue weighted by Crippen LogP contribution is -2.38. The summed E-state index contributed by atoms with van der Waals surface area (Å²) in [5.74, 6) is -1.49. The van der Waals surface area contributed by atoms with Gasteiger partial charge >= 0.3 is 0 Å². The number of likely N-dealkylation sites (tertiary alicyclic amines) is 1. The first-order valence-electron chi connectivity index (χ1n) is 8.72. The predicted molar refractivity (Wildman–Crippen MR) is 99.6 cm³/mol. The Morgan fingerprint density at radius 2 is 1.85 bits per heavy atom. The lowest BCUT2D eigenvalue weighted by Gasteiger charge is -2.31. The first-order valence-corrected chi connectivity index (χ1v) is 9.60. The van der Waals surface area contributed by atoms with Gasteiger partial charge in [-0.1, -0.05) is 0 Å². The summed E-state index contributed by atoms with van der Waals surface area (Å²) in [6.45, 7) is 1.01. The van der Waals surface area contributed by atoms with Crippen LogP contribution in [-0.2, 0) is 0 Å². The van der Waals surface area contributed by atoms with Gasteiger partial charge in [0, 0.05) is 42.3 Å². The fourth-order valence-electron chi connectivity index (χ4n) is 3.29. The molecule has 0 saturated carbocycles. The quantitative estimate of drug-likeness (QED) is 0.667. The van der Waals surface area contributed by atoms with E-state index in [1.54, 1.807) is 28.6 Å². The molecule has 1 fully saturated rings. The third-order valence-corrected chi connectivity index (χ3v) is 5.80. The molecule has 138 valence electrons. The van der Waals surface area contributed by atoms with Crippen molar-refractivity contribution in [3.05, 3.63) is 70.3 Å². The minimum Gasteiger partial charge on any atom is -0.339 e. The van der Waals surface area contributed by atoms with Crippen LogP contribution in [0.15, 0.2) is 48.1 Å². The standard InChI is InChI=1S/C20H17F2N3OS/c21-15-1-2-17(22)16(11-15)20(26)25-9-5-14(6-10-25)19-24-18(12-27-19)13-3-7-23-8-4-13/h1-4,7-8,11-12,14H,5-6,9-10H2. The van der Waals surface area contributed by atoms with Crippen LogP contribution in [0, 0.1) is 11.6 Å². The second kappa shape index (κ2) is 7.52. The molecule has 1 saturated heterocycles. The lowest BCUT2D eigenvalue weighted by molar-refractivity contribution is 0.0707. The summed E-state index contributed by atoms with van der Waals surface area (Å²) >= 11 is 1.62. The van der Waals surface area contributed by atoms with Gasteiger partial charge in [-0.05, 0) is 43.2 Å². The highest BCUT2D eigenvalue weighted by Gasteiger charge is 2.27. The number of aromatic nitrogens is 2. The van der Waals surface area contributed by atoms with E-state index in [9.17, 15) is 13.6 Å². The average Bonchev–Trinajstić information content (AvgIpc) is 3.20. The summed E-state index contributed by atoms with van der Waals surface area (Å²) < 4.78 is 27.2. The Kier molecular flexibility index (Phi) is 4.94. The summed E-state index contributed by atoms with van der Waals surface area (Å²) in [6, 6.07) is 6.82. The summed E-state index contributed by atoms with van der Waals surface area (Å²) in [5, 5.41) is 3.08. The number of benzene rings is 1. The lowest BCUT2D eigenvalue weighted by atomic mass is 9.97. The van der Waals surface area contributed by atoms with Crippen molar-refractivity contribution in [2.24, 2.45) is 0 Å². The zero-order valence-electron chi connectivity index (χ0n) is 14.4. The number of hydrogen-bond acceptors (Lipinski definition) is 4. The molecule has 1 aromatic carbocycles. The number of carbonyl (C=O) groups excluding carboxylic acids is 1. The largest absolute Gasteiger partial charge is 0.339 e. The average molecular weight is 385 g/mol. The van der Waals surface area contributed by atoms with Crippen LogP contribution >= 0.6 is 11.3 Å². The van der Waals surface area contributed by atoms with Gasteiger partial charge in [0.05, 0.1) is 16.3 Å². The fraction of sp³-hybridized carbons (Fsp3) is 0.250. The Hall–Kier alpha value is -2.67. The highest BCUT2D eigenvalue weighted by Crippen LogP contribution is 2.33. The third-order valence-electron chi connectivity index (χ3n) is 4.79. The van der Waals surface area contributed by atoms with E-state index in [1.165, 1.54) is 0 Å². The van der Waals surface area contributed by atoms with Crippen molar-refractivity contribution >= 4 is 17.2 Å². The van der Waals surface area contributed by atoms with Crippen LogP contribution in [0.25, 0.3) is 11.3 Å². The second-order valence-electron chi connectivity index (χ2n) is 6.50.